The highest BCUT2D eigenvalue weighted by Crippen LogP contribution is 2.36. The van der Waals surface area contributed by atoms with E-state index in [1.807, 2.05) is 0 Å². The fraction of sp³-hybridized carbons (Fsp3) is 0.500. The van der Waals surface area contributed by atoms with E-state index in [4.69, 9.17) is 21.1 Å². The normalized spacial score (nSPS) is 13.4. The van der Waals surface area contributed by atoms with Crippen LogP contribution in [0.15, 0.2) is 12.1 Å². The third kappa shape index (κ3) is 4.51. The van der Waals surface area contributed by atoms with Gasteiger partial charge in [0, 0.05) is 38.1 Å². The number of benzene rings is 1. The zero-order valence-electron chi connectivity index (χ0n) is 13.5. The highest BCUT2D eigenvalue weighted by molar-refractivity contribution is 6.32. The van der Waals surface area contributed by atoms with Gasteiger partial charge in [-0.05, 0) is 12.8 Å². The first kappa shape index (κ1) is 17.4. The summed E-state index contributed by atoms with van der Waals surface area (Å²) in [6.45, 7) is 1.95. The summed E-state index contributed by atoms with van der Waals surface area (Å²) in [6, 6.07) is 3.50. The van der Waals surface area contributed by atoms with Gasteiger partial charge in [-0.25, -0.2) is 0 Å². The number of anilines is 1. The van der Waals surface area contributed by atoms with E-state index in [0.717, 1.165) is 12.8 Å². The molecule has 2 rings (SSSR count). The Morgan fingerprint density at radius 2 is 1.91 bits per heavy atom. The molecule has 1 N–H and O–H groups in total. The molecule has 126 valence electrons. The number of carbonyl (C=O) groups excluding carboxylic acids is 2. The molecule has 23 heavy (non-hydrogen) atoms. The zero-order chi connectivity index (χ0) is 17.0. The molecule has 0 aromatic heterocycles. The zero-order valence-corrected chi connectivity index (χ0v) is 14.3. The Balaban J connectivity index is 2.00. The van der Waals surface area contributed by atoms with E-state index in [1.165, 1.54) is 21.1 Å². The predicted molar refractivity (Wildman–Crippen MR) is 88.2 cm³/mol. The lowest BCUT2D eigenvalue weighted by molar-refractivity contribution is -0.129. The van der Waals surface area contributed by atoms with Gasteiger partial charge >= 0.3 is 0 Å². The van der Waals surface area contributed by atoms with Gasteiger partial charge in [-0.2, -0.15) is 0 Å². The molecule has 6 nitrogen and oxygen atoms in total. The van der Waals surface area contributed by atoms with Crippen molar-refractivity contribution in [1.82, 2.24) is 4.90 Å². The molecule has 0 heterocycles. The highest BCUT2D eigenvalue weighted by Gasteiger charge is 2.30. The molecule has 0 bridgehead atoms. The Bertz CT molecular complexity index is 602. The number of rotatable bonds is 7. The van der Waals surface area contributed by atoms with Gasteiger partial charge < -0.3 is 19.7 Å². The van der Waals surface area contributed by atoms with Crippen LogP contribution in [0.1, 0.15) is 26.2 Å². The average molecular weight is 341 g/mol. The van der Waals surface area contributed by atoms with E-state index >= 15 is 0 Å². The Morgan fingerprint density at radius 3 is 2.43 bits per heavy atom. The lowest BCUT2D eigenvalue weighted by Gasteiger charge is -2.20. The van der Waals surface area contributed by atoms with Gasteiger partial charge in [0.2, 0.25) is 11.8 Å². The highest BCUT2D eigenvalue weighted by atomic mass is 35.5. The van der Waals surface area contributed by atoms with Crippen molar-refractivity contribution in [2.75, 3.05) is 26.1 Å². The third-order valence-corrected chi connectivity index (χ3v) is 4.02. The van der Waals surface area contributed by atoms with Crippen molar-refractivity contribution < 1.29 is 19.1 Å². The largest absolute Gasteiger partial charge is 0.495 e. The number of hydrogen-bond acceptors (Lipinski definition) is 4. The van der Waals surface area contributed by atoms with Crippen molar-refractivity contribution in [3.05, 3.63) is 17.2 Å². The fourth-order valence-corrected chi connectivity index (χ4v) is 2.61. The van der Waals surface area contributed by atoms with Gasteiger partial charge in [-0.15, -0.1) is 0 Å². The SMILES string of the molecule is COc1cc(NC(=O)CCN(C(C)=O)C2CC2)c(OC)cc1Cl. The van der Waals surface area contributed by atoms with Crippen molar-refractivity contribution in [1.29, 1.82) is 0 Å². The van der Waals surface area contributed by atoms with Crippen LogP contribution in [0.4, 0.5) is 5.69 Å². The molecule has 0 atom stereocenters. The second kappa shape index (κ2) is 7.55. The summed E-state index contributed by atoms with van der Waals surface area (Å²) in [6.07, 6.45) is 2.26. The molecule has 0 radical (unpaired) electrons. The van der Waals surface area contributed by atoms with E-state index < -0.39 is 0 Å². The Morgan fingerprint density at radius 1 is 1.26 bits per heavy atom. The topological polar surface area (TPSA) is 67.9 Å². The molecule has 0 aliphatic heterocycles. The number of nitrogens with zero attached hydrogens (tertiary/aromatic N) is 1. The first-order valence-corrected chi connectivity index (χ1v) is 7.82. The summed E-state index contributed by atoms with van der Waals surface area (Å²) in [5.74, 6) is 0.714. The molecule has 1 aromatic carbocycles. The van der Waals surface area contributed by atoms with Crippen LogP contribution in [-0.4, -0.2) is 43.5 Å². The lowest BCUT2D eigenvalue weighted by Crippen LogP contribution is -2.33. The number of methoxy groups -OCH3 is 2. The van der Waals surface area contributed by atoms with Gasteiger partial charge in [0.1, 0.15) is 11.5 Å². The van der Waals surface area contributed by atoms with Crippen molar-refractivity contribution in [2.45, 2.75) is 32.2 Å². The minimum absolute atomic E-state index is 0.00560. The molecule has 2 amide bonds. The Labute approximate surface area is 140 Å². The van der Waals surface area contributed by atoms with E-state index in [1.54, 1.807) is 17.0 Å². The monoisotopic (exact) mass is 340 g/mol. The number of halogens is 1. The van der Waals surface area contributed by atoms with Crippen LogP contribution in [0.25, 0.3) is 0 Å². The van der Waals surface area contributed by atoms with Gasteiger partial charge in [0.05, 0.1) is 24.9 Å². The minimum Gasteiger partial charge on any atom is -0.495 e. The van der Waals surface area contributed by atoms with Gasteiger partial charge in [-0.1, -0.05) is 11.6 Å². The van der Waals surface area contributed by atoms with Crippen LogP contribution in [0, 0.1) is 0 Å². The van der Waals surface area contributed by atoms with Crippen LogP contribution in [-0.2, 0) is 9.59 Å². The maximum absolute atomic E-state index is 12.2. The maximum atomic E-state index is 12.2. The van der Waals surface area contributed by atoms with Crippen LogP contribution in [0.3, 0.4) is 0 Å². The Kier molecular flexibility index (Phi) is 5.71. The second-order valence-corrected chi connectivity index (χ2v) is 5.84. The molecule has 0 spiro atoms. The third-order valence-electron chi connectivity index (χ3n) is 3.72. The molecule has 1 aromatic rings. The van der Waals surface area contributed by atoms with E-state index in [2.05, 4.69) is 5.32 Å². The fourth-order valence-electron chi connectivity index (χ4n) is 2.38. The van der Waals surface area contributed by atoms with E-state index in [-0.39, 0.29) is 18.2 Å². The molecule has 1 aliphatic rings. The quantitative estimate of drug-likeness (QED) is 0.828. The first-order valence-electron chi connectivity index (χ1n) is 7.44. The first-order chi connectivity index (χ1) is 11.0. The van der Waals surface area contributed by atoms with E-state index in [9.17, 15) is 9.59 Å². The van der Waals surface area contributed by atoms with Crippen LogP contribution < -0.4 is 14.8 Å². The van der Waals surface area contributed by atoms with Crippen molar-refractivity contribution in [3.63, 3.8) is 0 Å². The van der Waals surface area contributed by atoms with Crippen molar-refractivity contribution in [2.24, 2.45) is 0 Å². The number of amides is 2. The van der Waals surface area contributed by atoms with E-state index in [0.29, 0.717) is 34.8 Å². The average Bonchev–Trinajstić information content (AvgIpc) is 3.33. The van der Waals surface area contributed by atoms with Crippen LogP contribution >= 0.6 is 11.6 Å². The summed E-state index contributed by atoms with van der Waals surface area (Å²) in [4.78, 5) is 25.5. The number of nitrogens with one attached hydrogen (secondary N) is 1. The van der Waals surface area contributed by atoms with Crippen LogP contribution in [0.2, 0.25) is 5.02 Å². The Hall–Kier alpha value is -1.95. The summed E-state index contributed by atoms with van der Waals surface area (Å²) < 4.78 is 10.4. The molecular weight excluding hydrogens is 320 g/mol. The predicted octanol–water partition coefficient (Wildman–Crippen LogP) is 2.70. The lowest BCUT2D eigenvalue weighted by atomic mass is 10.2. The van der Waals surface area contributed by atoms with Crippen molar-refractivity contribution in [3.8, 4) is 11.5 Å². The molecule has 1 aliphatic carbocycles. The van der Waals surface area contributed by atoms with Crippen molar-refractivity contribution >= 4 is 29.1 Å². The molecule has 0 unspecified atom stereocenters. The summed E-state index contributed by atoms with van der Waals surface area (Å²) >= 11 is 6.03. The smallest absolute Gasteiger partial charge is 0.226 e. The standard InChI is InChI=1S/C16H21ClN2O4/c1-10(20)19(11-4-5-11)7-6-16(21)18-13-9-14(22-2)12(17)8-15(13)23-3/h8-9,11H,4-7H2,1-3H3,(H,18,21). The molecular formula is C16H21ClN2O4. The van der Waals surface area contributed by atoms with Crippen LogP contribution in [0.5, 0.6) is 11.5 Å². The molecule has 0 saturated heterocycles. The molecule has 1 fully saturated rings. The number of ether oxygens (including phenoxy) is 2. The number of carbonyl (C=O) groups is 2. The molecule has 1 saturated carbocycles. The summed E-state index contributed by atoms with van der Waals surface area (Å²) in [5, 5.41) is 3.18. The molecule has 7 heteroatoms. The maximum Gasteiger partial charge on any atom is 0.226 e. The summed E-state index contributed by atoms with van der Waals surface area (Å²) in [7, 11) is 3.00. The van der Waals surface area contributed by atoms with Gasteiger partial charge in [0.25, 0.3) is 0 Å². The van der Waals surface area contributed by atoms with Gasteiger partial charge in [0.15, 0.2) is 0 Å². The second-order valence-electron chi connectivity index (χ2n) is 5.43. The summed E-state index contributed by atoms with van der Waals surface area (Å²) in [5.41, 5.74) is 0.486. The number of hydrogen-bond donors (Lipinski definition) is 1. The van der Waals surface area contributed by atoms with Gasteiger partial charge in [-0.3, -0.25) is 9.59 Å². The minimum atomic E-state index is -0.195.